The third kappa shape index (κ3) is 5.30. The van der Waals surface area contributed by atoms with Gasteiger partial charge in [0.2, 0.25) is 5.91 Å². The number of ether oxygens (including phenoxy) is 2. The lowest BCUT2D eigenvalue weighted by atomic mass is 9.78. The minimum Gasteiger partial charge on any atom is -0.453 e. The SMILES string of the molecule is COC(=O)NC(C(=O)N1C2CCCC2C[C@H]1c1ncc(-c2ccc3c(c2)-c2ccc(-c4cnc(C5C[C@@H]6CCCC6N5C)[nH]4)cc2-3)[nH]1)C(C)OC. The van der Waals surface area contributed by atoms with Crippen molar-refractivity contribution in [2.45, 2.75) is 94.6 Å². The number of carbonyl (C=O) groups excluding carboxylic acids is 2. The smallest absolute Gasteiger partial charge is 0.407 e. The number of hydrogen-bond donors (Lipinski definition) is 3. The number of methoxy groups -OCH3 is 2. The van der Waals surface area contributed by atoms with Gasteiger partial charge in [0.1, 0.15) is 17.7 Å². The van der Waals surface area contributed by atoms with Crippen LogP contribution in [0.3, 0.4) is 0 Å². The van der Waals surface area contributed by atoms with Crippen molar-refractivity contribution in [3.8, 4) is 44.8 Å². The first-order valence-electron chi connectivity index (χ1n) is 18.6. The molecule has 0 radical (unpaired) electrons. The van der Waals surface area contributed by atoms with Crippen LogP contribution in [0.25, 0.3) is 44.8 Å². The number of fused-ring (bicyclic) bond motifs is 6. The Morgan fingerprint density at radius 3 is 1.96 bits per heavy atom. The molecule has 0 bridgehead atoms. The van der Waals surface area contributed by atoms with Gasteiger partial charge in [0.25, 0.3) is 0 Å². The molecule has 3 N–H and O–H groups in total. The molecule has 3 aliphatic carbocycles. The number of likely N-dealkylation sites (tertiary alicyclic amines) is 2. The number of aromatic nitrogens is 4. The Labute approximate surface area is 298 Å². The number of H-pyrrole nitrogens is 2. The Morgan fingerprint density at radius 2 is 1.37 bits per heavy atom. The fourth-order valence-corrected chi connectivity index (χ4v) is 10.1. The van der Waals surface area contributed by atoms with Gasteiger partial charge in [-0.05, 0) is 98.7 Å². The average molecular weight is 690 g/mol. The van der Waals surface area contributed by atoms with Crippen LogP contribution in [-0.2, 0) is 14.3 Å². The second-order valence-electron chi connectivity index (χ2n) is 15.4. The predicted octanol–water partition coefficient (Wildman–Crippen LogP) is 6.86. The molecule has 6 unspecified atom stereocenters. The lowest BCUT2D eigenvalue weighted by molar-refractivity contribution is -0.140. The summed E-state index contributed by atoms with van der Waals surface area (Å²) in [4.78, 5) is 47.8. The van der Waals surface area contributed by atoms with Crippen molar-refractivity contribution in [2.24, 2.45) is 11.8 Å². The zero-order valence-corrected chi connectivity index (χ0v) is 29.8. The summed E-state index contributed by atoms with van der Waals surface area (Å²) in [5.41, 5.74) is 9.18. The summed E-state index contributed by atoms with van der Waals surface area (Å²) in [6.07, 6.45) is 11.9. The maximum absolute atomic E-state index is 14.2. The van der Waals surface area contributed by atoms with Gasteiger partial charge in [-0.1, -0.05) is 37.1 Å². The Kier molecular flexibility index (Phi) is 8.03. The second kappa shape index (κ2) is 12.6. The van der Waals surface area contributed by atoms with Crippen LogP contribution in [0, 0.1) is 11.8 Å². The number of benzene rings is 2. The Hall–Kier alpha value is -4.48. The summed E-state index contributed by atoms with van der Waals surface area (Å²) < 4.78 is 10.4. The molecule has 2 aliphatic heterocycles. The highest BCUT2D eigenvalue weighted by atomic mass is 16.5. The minimum absolute atomic E-state index is 0.108. The molecule has 11 nitrogen and oxygen atoms in total. The van der Waals surface area contributed by atoms with Crippen LogP contribution in [0.15, 0.2) is 48.8 Å². The number of amides is 2. The quantitative estimate of drug-likeness (QED) is 0.162. The lowest BCUT2D eigenvalue weighted by Gasteiger charge is -2.34. The molecule has 51 heavy (non-hydrogen) atoms. The Morgan fingerprint density at radius 1 is 0.804 bits per heavy atom. The maximum Gasteiger partial charge on any atom is 0.407 e. The van der Waals surface area contributed by atoms with E-state index in [1.54, 1.807) is 14.0 Å². The lowest BCUT2D eigenvalue weighted by Crippen LogP contribution is -2.55. The van der Waals surface area contributed by atoms with E-state index in [0.717, 1.165) is 65.8 Å². The van der Waals surface area contributed by atoms with Crippen molar-refractivity contribution >= 4 is 12.0 Å². The predicted molar refractivity (Wildman–Crippen MR) is 193 cm³/mol. The van der Waals surface area contributed by atoms with Gasteiger partial charge < -0.3 is 29.7 Å². The molecule has 11 heteroatoms. The van der Waals surface area contributed by atoms with Crippen LogP contribution >= 0.6 is 0 Å². The van der Waals surface area contributed by atoms with E-state index >= 15 is 0 Å². The van der Waals surface area contributed by atoms with Crippen LogP contribution in [0.1, 0.15) is 82.0 Å². The highest BCUT2D eigenvalue weighted by molar-refractivity contribution is 6.04. The van der Waals surface area contributed by atoms with Gasteiger partial charge in [0, 0.05) is 30.3 Å². The van der Waals surface area contributed by atoms with Gasteiger partial charge in [-0.15, -0.1) is 0 Å². The molecule has 266 valence electrons. The van der Waals surface area contributed by atoms with Crippen molar-refractivity contribution < 1.29 is 19.1 Å². The molecular formula is C40H47N7O4. The van der Waals surface area contributed by atoms with Crippen molar-refractivity contribution in [3.05, 3.63) is 60.4 Å². The molecule has 5 aliphatic rings. The van der Waals surface area contributed by atoms with Crippen LogP contribution in [0.4, 0.5) is 4.79 Å². The molecule has 2 aromatic carbocycles. The first-order chi connectivity index (χ1) is 24.8. The summed E-state index contributed by atoms with van der Waals surface area (Å²) in [5.74, 6) is 2.90. The van der Waals surface area contributed by atoms with Crippen molar-refractivity contribution in [1.29, 1.82) is 0 Å². The number of nitrogens with zero attached hydrogens (tertiary/aromatic N) is 4. The monoisotopic (exact) mass is 689 g/mol. The van der Waals surface area contributed by atoms with Gasteiger partial charge in [-0.2, -0.15) is 0 Å². The number of hydrogen-bond acceptors (Lipinski definition) is 7. The summed E-state index contributed by atoms with van der Waals surface area (Å²) in [7, 11) is 5.11. The average Bonchev–Trinajstić information content (AvgIpc) is 3.99. The number of aromatic amines is 2. The van der Waals surface area contributed by atoms with Crippen LogP contribution < -0.4 is 5.32 Å². The van der Waals surface area contributed by atoms with E-state index < -0.39 is 18.2 Å². The zero-order chi connectivity index (χ0) is 35.0. The number of alkyl carbamates (subject to hydrolysis) is 1. The van der Waals surface area contributed by atoms with Gasteiger partial charge in [-0.3, -0.25) is 9.69 Å². The summed E-state index contributed by atoms with van der Waals surface area (Å²) in [6, 6.07) is 13.4. The molecule has 2 saturated heterocycles. The first-order valence-corrected chi connectivity index (χ1v) is 18.6. The summed E-state index contributed by atoms with van der Waals surface area (Å²) in [6.45, 7) is 1.79. The maximum atomic E-state index is 14.2. The Bertz CT molecular complexity index is 1990. The highest BCUT2D eigenvalue weighted by Crippen LogP contribution is 2.51. The van der Waals surface area contributed by atoms with E-state index in [1.165, 1.54) is 55.0 Å². The third-order valence-electron chi connectivity index (χ3n) is 12.9. The molecular weight excluding hydrogens is 642 g/mol. The van der Waals surface area contributed by atoms with Crippen molar-refractivity contribution in [3.63, 3.8) is 0 Å². The molecule has 9 rings (SSSR count). The summed E-state index contributed by atoms with van der Waals surface area (Å²) in [5, 5.41) is 2.72. The molecule has 4 aromatic rings. The van der Waals surface area contributed by atoms with Gasteiger partial charge in [0.15, 0.2) is 0 Å². The van der Waals surface area contributed by atoms with Gasteiger partial charge in [-0.25, -0.2) is 14.8 Å². The summed E-state index contributed by atoms with van der Waals surface area (Å²) >= 11 is 0. The van der Waals surface area contributed by atoms with E-state index in [4.69, 9.17) is 19.4 Å². The topological polar surface area (TPSA) is 128 Å². The fourth-order valence-electron chi connectivity index (χ4n) is 10.1. The number of rotatable bonds is 8. The molecule has 4 fully saturated rings. The normalized spacial score (nSPS) is 27.3. The molecule has 0 spiro atoms. The minimum atomic E-state index is -0.865. The van der Waals surface area contributed by atoms with Crippen LogP contribution in [-0.4, -0.2) is 87.2 Å². The fraction of sp³-hybridized carbons (Fsp3) is 0.500. The van der Waals surface area contributed by atoms with Gasteiger partial charge in [0.05, 0.1) is 49.1 Å². The second-order valence-corrected chi connectivity index (χ2v) is 15.4. The first kappa shape index (κ1) is 32.4. The van der Waals surface area contributed by atoms with E-state index in [0.29, 0.717) is 18.0 Å². The molecule has 2 amide bonds. The van der Waals surface area contributed by atoms with Gasteiger partial charge >= 0.3 is 6.09 Å². The largest absolute Gasteiger partial charge is 0.453 e. The van der Waals surface area contributed by atoms with Crippen molar-refractivity contribution in [1.82, 2.24) is 35.1 Å². The number of imidazole rings is 2. The molecule has 2 saturated carbocycles. The zero-order valence-electron chi connectivity index (χ0n) is 29.8. The van der Waals surface area contributed by atoms with Crippen LogP contribution in [0.5, 0.6) is 0 Å². The van der Waals surface area contributed by atoms with E-state index in [2.05, 4.69) is 63.6 Å². The third-order valence-corrected chi connectivity index (χ3v) is 12.9. The van der Waals surface area contributed by atoms with Crippen LogP contribution in [0.2, 0.25) is 0 Å². The van der Waals surface area contributed by atoms with E-state index in [1.807, 2.05) is 17.3 Å². The molecule has 4 heterocycles. The van der Waals surface area contributed by atoms with Crippen molar-refractivity contribution in [2.75, 3.05) is 21.3 Å². The van der Waals surface area contributed by atoms with E-state index in [9.17, 15) is 9.59 Å². The molecule has 8 atom stereocenters. The highest BCUT2D eigenvalue weighted by Gasteiger charge is 2.50. The van der Waals surface area contributed by atoms with E-state index in [-0.39, 0.29) is 18.0 Å². The number of carbonyl (C=O) groups is 2. The Balaban J connectivity index is 0.936. The standard InChI is InChI=1S/C40H47N7O4/c1-21(50-3)36(45-40(49)51-4)39(48)47-33-10-6-8-25(33)18-35(47)38-42-20-31(44-38)23-12-14-27-28-15-22(11-13-26(28)29(27)16-23)30-19-41-37(43-30)34-17-24-7-5-9-32(24)46(34)2/h11-16,19-21,24-25,32-36H,5-10,17-18H2,1-4H3,(H,41,43)(H,42,44)(H,45,49)/t21?,24-,25?,32?,33?,34?,35-,36?/m0/s1. The number of nitrogens with one attached hydrogen (secondary N) is 3. The molecule has 2 aromatic heterocycles.